The highest BCUT2D eigenvalue weighted by Gasteiger charge is 2.03. The molecule has 2 rings (SSSR count). The van der Waals surface area contributed by atoms with Gasteiger partial charge in [-0.15, -0.1) is 0 Å². The zero-order valence-electron chi connectivity index (χ0n) is 11.5. The third-order valence-electron chi connectivity index (χ3n) is 2.69. The summed E-state index contributed by atoms with van der Waals surface area (Å²) in [7, 11) is 0. The molecule has 1 N–H and O–H groups in total. The van der Waals surface area contributed by atoms with E-state index in [1.807, 2.05) is 48.5 Å². The number of ether oxygens (including phenoxy) is 1. The number of nitrogens with zero attached hydrogens (tertiary/aromatic N) is 1. The number of hydrazone groups is 1. The van der Waals surface area contributed by atoms with Crippen LogP contribution in [0.5, 0.6) is 5.75 Å². The maximum Gasteiger partial charge on any atom is 0.236 e. The monoisotopic (exact) mass is 302 g/mol. The van der Waals surface area contributed by atoms with Crippen molar-refractivity contribution in [1.29, 1.82) is 0 Å². The second-order valence-electron chi connectivity index (χ2n) is 4.34. The van der Waals surface area contributed by atoms with Crippen molar-refractivity contribution in [3.63, 3.8) is 0 Å². The minimum atomic E-state index is -0.222. The van der Waals surface area contributed by atoms with Gasteiger partial charge < -0.3 is 4.74 Å². The molecule has 0 saturated carbocycles. The molecule has 0 saturated heterocycles. The summed E-state index contributed by atoms with van der Waals surface area (Å²) < 4.78 is 5.77. The molecule has 21 heavy (non-hydrogen) atoms. The summed E-state index contributed by atoms with van der Waals surface area (Å²) in [5.41, 5.74) is 4.04. The average Bonchev–Trinajstić information content (AvgIpc) is 2.47. The lowest BCUT2D eigenvalue weighted by atomic mass is 10.2. The normalized spacial score (nSPS) is 10.6. The minimum absolute atomic E-state index is 0.222. The number of carbonyl (C=O) groups excluding carboxylic acids is 1. The summed E-state index contributed by atoms with van der Waals surface area (Å²) >= 11 is 6.09. The van der Waals surface area contributed by atoms with E-state index in [-0.39, 0.29) is 5.91 Å². The maximum atomic E-state index is 10.8. The van der Waals surface area contributed by atoms with Gasteiger partial charge in [-0.2, -0.15) is 5.10 Å². The second kappa shape index (κ2) is 7.45. The Kier molecular flexibility index (Phi) is 5.35. The molecule has 0 unspecified atom stereocenters. The van der Waals surface area contributed by atoms with E-state index in [9.17, 15) is 4.79 Å². The van der Waals surface area contributed by atoms with E-state index < -0.39 is 0 Å². The van der Waals surface area contributed by atoms with Gasteiger partial charge in [0, 0.05) is 23.1 Å². The first-order valence-corrected chi connectivity index (χ1v) is 6.79. The molecule has 0 bridgehead atoms. The van der Waals surface area contributed by atoms with Crippen molar-refractivity contribution in [3.8, 4) is 5.75 Å². The van der Waals surface area contributed by atoms with Gasteiger partial charge in [0.25, 0.3) is 0 Å². The second-order valence-corrected chi connectivity index (χ2v) is 4.75. The zero-order chi connectivity index (χ0) is 15.1. The van der Waals surface area contributed by atoms with Crippen molar-refractivity contribution in [1.82, 2.24) is 5.43 Å². The summed E-state index contributed by atoms with van der Waals surface area (Å²) in [5.74, 6) is 0.451. The number of amides is 1. The molecule has 0 aliphatic heterocycles. The number of halogens is 1. The lowest BCUT2D eigenvalue weighted by Crippen LogP contribution is -2.12. The zero-order valence-corrected chi connectivity index (χ0v) is 12.3. The number of nitrogens with one attached hydrogen (secondary N) is 1. The number of para-hydroxylation sites is 1. The summed E-state index contributed by atoms with van der Waals surface area (Å²) in [6, 6.07) is 15.0. The Balaban J connectivity index is 2.08. The fourth-order valence-corrected chi connectivity index (χ4v) is 1.87. The van der Waals surface area contributed by atoms with Crippen molar-refractivity contribution in [2.45, 2.75) is 13.5 Å². The van der Waals surface area contributed by atoms with Crippen LogP contribution in [0.2, 0.25) is 5.02 Å². The minimum Gasteiger partial charge on any atom is -0.488 e. The first-order valence-electron chi connectivity index (χ1n) is 6.41. The van der Waals surface area contributed by atoms with E-state index >= 15 is 0 Å². The smallest absolute Gasteiger partial charge is 0.236 e. The summed E-state index contributed by atoms with van der Waals surface area (Å²) in [5, 5.41) is 4.51. The van der Waals surface area contributed by atoms with Gasteiger partial charge in [-0.1, -0.05) is 41.9 Å². The van der Waals surface area contributed by atoms with Gasteiger partial charge >= 0.3 is 0 Å². The molecule has 0 heterocycles. The van der Waals surface area contributed by atoms with Crippen LogP contribution in [0.1, 0.15) is 18.1 Å². The van der Waals surface area contributed by atoms with Crippen LogP contribution in [-0.2, 0) is 11.4 Å². The van der Waals surface area contributed by atoms with Crippen LogP contribution in [0.15, 0.2) is 53.6 Å². The predicted octanol–water partition coefficient (Wildman–Crippen LogP) is 3.39. The maximum absolute atomic E-state index is 10.8. The molecule has 0 spiro atoms. The van der Waals surface area contributed by atoms with Crippen molar-refractivity contribution >= 4 is 23.7 Å². The fourth-order valence-electron chi connectivity index (χ4n) is 1.68. The van der Waals surface area contributed by atoms with Crippen LogP contribution < -0.4 is 10.2 Å². The predicted molar refractivity (Wildman–Crippen MR) is 83.6 cm³/mol. The van der Waals surface area contributed by atoms with E-state index in [4.69, 9.17) is 16.3 Å². The average molecular weight is 303 g/mol. The largest absolute Gasteiger partial charge is 0.488 e. The topological polar surface area (TPSA) is 50.7 Å². The lowest BCUT2D eigenvalue weighted by Gasteiger charge is -2.10. The van der Waals surface area contributed by atoms with Crippen molar-refractivity contribution < 1.29 is 9.53 Å². The third-order valence-corrected chi connectivity index (χ3v) is 3.05. The van der Waals surface area contributed by atoms with Gasteiger partial charge in [0.05, 0.1) is 6.21 Å². The molecule has 4 nitrogen and oxygen atoms in total. The van der Waals surface area contributed by atoms with Gasteiger partial charge in [-0.25, -0.2) is 5.43 Å². The SMILES string of the molecule is CC(=O)NN=Cc1ccccc1OCc1ccccc1Cl. The number of hydrogen-bond donors (Lipinski definition) is 1. The Morgan fingerprint density at radius 1 is 1.24 bits per heavy atom. The van der Waals surface area contributed by atoms with Gasteiger partial charge in [-0.05, 0) is 18.2 Å². The van der Waals surface area contributed by atoms with Crippen LogP contribution in [0.3, 0.4) is 0 Å². The number of carbonyl (C=O) groups is 1. The van der Waals surface area contributed by atoms with Crippen LogP contribution in [0.4, 0.5) is 0 Å². The first kappa shape index (κ1) is 15.1. The quantitative estimate of drug-likeness (QED) is 0.680. The Bertz CT molecular complexity index is 656. The summed E-state index contributed by atoms with van der Waals surface area (Å²) in [6.07, 6.45) is 1.54. The molecule has 1 amide bonds. The standard InChI is InChI=1S/C16H15ClN2O2/c1-12(20)19-18-10-13-6-3-5-9-16(13)21-11-14-7-2-4-8-15(14)17/h2-10H,11H2,1H3,(H,19,20). The van der Waals surface area contributed by atoms with Crippen molar-refractivity contribution in [3.05, 3.63) is 64.7 Å². The van der Waals surface area contributed by atoms with E-state index in [1.165, 1.54) is 6.92 Å². The molecule has 0 aromatic heterocycles. The van der Waals surface area contributed by atoms with Crippen LogP contribution in [-0.4, -0.2) is 12.1 Å². The number of benzene rings is 2. The van der Waals surface area contributed by atoms with E-state index in [1.54, 1.807) is 6.21 Å². The van der Waals surface area contributed by atoms with Gasteiger partial charge in [0.15, 0.2) is 0 Å². The summed E-state index contributed by atoms with van der Waals surface area (Å²) in [6.45, 7) is 1.77. The molecule has 5 heteroatoms. The Morgan fingerprint density at radius 3 is 2.71 bits per heavy atom. The van der Waals surface area contributed by atoms with E-state index in [0.717, 1.165) is 11.1 Å². The van der Waals surface area contributed by atoms with Crippen LogP contribution in [0, 0.1) is 0 Å². The van der Waals surface area contributed by atoms with Gasteiger partial charge in [0.2, 0.25) is 5.91 Å². The Labute approximate surface area is 128 Å². The Morgan fingerprint density at radius 2 is 1.95 bits per heavy atom. The molecule has 2 aromatic rings. The first-order chi connectivity index (χ1) is 10.2. The fraction of sp³-hybridized carbons (Fsp3) is 0.125. The molecule has 0 fully saturated rings. The Hall–Kier alpha value is -2.33. The number of rotatable bonds is 5. The highest BCUT2D eigenvalue weighted by Crippen LogP contribution is 2.20. The van der Waals surface area contributed by atoms with Crippen LogP contribution >= 0.6 is 11.6 Å². The van der Waals surface area contributed by atoms with E-state index in [0.29, 0.717) is 17.4 Å². The highest BCUT2D eigenvalue weighted by atomic mass is 35.5. The van der Waals surface area contributed by atoms with Gasteiger partial charge in [-0.3, -0.25) is 4.79 Å². The van der Waals surface area contributed by atoms with E-state index in [2.05, 4.69) is 10.5 Å². The van der Waals surface area contributed by atoms with Crippen molar-refractivity contribution in [2.24, 2.45) is 5.10 Å². The number of hydrogen-bond acceptors (Lipinski definition) is 3. The molecule has 0 atom stereocenters. The summed E-state index contributed by atoms with van der Waals surface area (Å²) in [4.78, 5) is 10.8. The molecule has 0 aliphatic carbocycles. The molecule has 0 aliphatic rings. The molecular weight excluding hydrogens is 288 g/mol. The molecule has 108 valence electrons. The molecule has 0 radical (unpaired) electrons. The lowest BCUT2D eigenvalue weighted by molar-refractivity contribution is -0.118. The third kappa shape index (κ3) is 4.61. The molecule has 2 aromatic carbocycles. The van der Waals surface area contributed by atoms with Crippen molar-refractivity contribution in [2.75, 3.05) is 0 Å². The molecular formula is C16H15ClN2O2. The van der Waals surface area contributed by atoms with Gasteiger partial charge in [0.1, 0.15) is 12.4 Å². The highest BCUT2D eigenvalue weighted by molar-refractivity contribution is 6.31. The van der Waals surface area contributed by atoms with Crippen LogP contribution in [0.25, 0.3) is 0 Å².